The second kappa shape index (κ2) is 8.86. The highest BCUT2D eigenvalue weighted by molar-refractivity contribution is 7.92. The maximum absolute atomic E-state index is 12.6. The Hall–Kier alpha value is -2.90. The van der Waals surface area contributed by atoms with Crippen LogP contribution >= 0.6 is 0 Å². The Bertz CT molecular complexity index is 989. The van der Waals surface area contributed by atoms with E-state index >= 15 is 0 Å². The van der Waals surface area contributed by atoms with Crippen molar-refractivity contribution in [2.45, 2.75) is 20.0 Å². The number of nitrogens with two attached hydrogens (primary N) is 1. The number of ether oxygens (including phenoxy) is 1. The van der Waals surface area contributed by atoms with Crippen LogP contribution in [-0.4, -0.2) is 19.2 Å². The summed E-state index contributed by atoms with van der Waals surface area (Å²) in [6.45, 7) is 2.34. The minimum atomic E-state index is -3.44. The van der Waals surface area contributed by atoms with Crippen molar-refractivity contribution in [3.8, 4) is 11.5 Å². The molecular weight excluding hydrogens is 374 g/mol. The molecule has 3 rings (SSSR count). The Morgan fingerprint density at radius 2 is 1.61 bits per heavy atom. The van der Waals surface area contributed by atoms with E-state index in [0.29, 0.717) is 23.7 Å². The molecule has 0 saturated carbocycles. The van der Waals surface area contributed by atoms with Crippen molar-refractivity contribution in [3.63, 3.8) is 0 Å². The molecule has 2 N–H and O–H groups in total. The first-order valence-corrected chi connectivity index (χ1v) is 10.6. The van der Waals surface area contributed by atoms with Crippen LogP contribution in [0.2, 0.25) is 0 Å². The lowest BCUT2D eigenvalue weighted by Crippen LogP contribution is -2.31. The number of aromatic nitrogens is 1. The van der Waals surface area contributed by atoms with E-state index in [4.69, 9.17) is 10.5 Å². The van der Waals surface area contributed by atoms with Gasteiger partial charge in [-0.25, -0.2) is 8.42 Å². The zero-order chi connectivity index (χ0) is 20.0. The number of benzene rings is 2. The molecule has 3 aromatic rings. The van der Waals surface area contributed by atoms with Crippen molar-refractivity contribution in [2.24, 2.45) is 5.73 Å². The van der Waals surface area contributed by atoms with E-state index in [1.165, 1.54) is 4.31 Å². The van der Waals surface area contributed by atoms with Crippen LogP contribution in [0.3, 0.4) is 0 Å². The van der Waals surface area contributed by atoms with Crippen LogP contribution in [0.5, 0.6) is 11.5 Å². The molecule has 0 aliphatic carbocycles. The first-order valence-electron chi connectivity index (χ1n) is 8.98. The number of pyridine rings is 1. The number of anilines is 1. The zero-order valence-corrected chi connectivity index (χ0v) is 16.5. The van der Waals surface area contributed by atoms with Gasteiger partial charge in [-0.2, -0.15) is 0 Å². The van der Waals surface area contributed by atoms with Gasteiger partial charge in [0, 0.05) is 18.9 Å². The smallest absolute Gasteiger partial charge is 0.235 e. The standard InChI is InChI=1S/C21H23N3O3S/c1-2-28(25,26)24(16-18-4-3-13-23-15-18)19-7-11-21(12-8-19)27-20-9-5-17(14-22)6-10-20/h3-13,15H,2,14,16,22H2,1H3. The summed E-state index contributed by atoms with van der Waals surface area (Å²) in [5.41, 5.74) is 8.03. The fourth-order valence-corrected chi connectivity index (χ4v) is 3.77. The Morgan fingerprint density at radius 1 is 0.964 bits per heavy atom. The van der Waals surface area contributed by atoms with E-state index in [-0.39, 0.29) is 12.3 Å². The Kier molecular flexibility index (Phi) is 6.28. The lowest BCUT2D eigenvalue weighted by atomic mass is 10.2. The summed E-state index contributed by atoms with van der Waals surface area (Å²) in [6.07, 6.45) is 3.33. The third-order valence-electron chi connectivity index (χ3n) is 4.27. The predicted molar refractivity (Wildman–Crippen MR) is 111 cm³/mol. The van der Waals surface area contributed by atoms with Crippen LogP contribution < -0.4 is 14.8 Å². The van der Waals surface area contributed by atoms with Gasteiger partial charge in [-0.15, -0.1) is 0 Å². The number of hydrogen-bond donors (Lipinski definition) is 1. The molecule has 0 aliphatic rings. The van der Waals surface area contributed by atoms with Crippen molar-refractivity contribution in [3.05, 3.63) is 84.2 Å². The van der Waals surface area contributed by atoms with Gasteiger partial charge in [0.1, 0.15) is 11.5 Å². The highest BCUT2D eigenvalue weighted by Crippen LogP contribution is 2.27. The van der Waals surface area contributed by atoms with E-state index in [9.17, 15) is 8.42 Å². The quantitative estimate of drug-likeness (QED) is 0.626. The van der Waals surface area contributed by atoms with Crippen LogP contribution in [0.4, 0.5) is 5.69 Å². The first-order chi connectivity index (χ1) is 13.5. The molecule has 0 saturated heterocycles. The molecule has 0 atom stereocenters. The van der Waals surface area contributed by atoms with Crippen molar-refractivity contribution in [1.29, 1.82) is 0 Å². The van der Waals surface area contributed by atoms with Crippen LogP contribution in [0.25, 0.3) is 0 Å². The third-order valence-corrected chi connectivity index (χ3v) is 6.01. The van der Waals surface area contributed by atoms with E-state index in [0.717, 1.165) is 11.1 Å². The van der Waals surface area contributed by atoms with E-state index in [1.807, 2.05) is 30.3 Å². The molecule has 0 amide bonds. The fraction of sp³-hybridized carbons (Fsp3) is 0.190. The number of sulfonamides is 1. The molecule has 6 nitrogen and oxygen atoms in total. The molecule has 0 radical (unpaired) electrons. The summed E-state index contributed by atoms with van der Waals surface area (Å²) < 4.78 is 32.4. The highest BCUT2D eigenvalue weighted by Gasteiger charge is 2.21. The Morgan fingerprint density at radius 3 is 2.14 bits per heavy atom. The second-order valence-electron chi connectivity index (χ2n) is 6.21. The first kappa shape index (κ1) is 19.9. The third kappa shape index (κ3) is 4.88. The Labute approximate surface area is 165 Å². The molecule has 1 aromatic heterocycles. The lowest BCUT2D eigenvalue weighted by molar-refractivity contribution is 0.482. The maximum Gasteiger partial charge on any atom is 0.235 e. The van der Waals surface area contributed by atoms with Crippen molar-refractivity contribution < 1.29 is 13.2 Å². The van der Waals surface area contributed by atoms with E-state index in [2.05, 4.69) is 4.98 Å². The van der Waals surface area contributed by atoms with Crippen molar-refractivity contribution in [1.82, 2.24) is 4.98 Å². The SMILES string of the molecule is CCS(=O)(=O)N(Cc1cccnc1)c1ccc(Oc2ccc(CN)cc2)cc1. The van der Waals surface area contributed by atoms with Crippen molar-refractivity contribution in [2.75, 3.05) is 10.1 Å². The number of nitrogens with zero attached hydrogens (tertiary/aromatic N) is 2. The highest BCUT2D eigenvalue weighted by atomic mass is 32.2. The van der Waals surface area contributed by atoms with Gasteiger partial charge in [-0.1, -0.05) is 18.2 Å². The largest absolute Gasteiger partial charge is 0.457 e. The summed E-state index contributed by atoms with van der Waals surface area (Å²) in [4.78, 5) is 4.06. The topological polar surface area (TPSA) is 85.5 Å². The maximum atomic E-state index is 12.6. The number of hydrogen-bond acceptors (Lipinski definition) is 5. The summed E-state index contributed by atoms with van der Waals surface area (Å²) in [6, 6.07) is 18.2. The lowest BCUT2D eigenvalue weighted by Gasteiger charge is -2.24. The molecule has 0 unspecified atom stereocenters. The average molecular weight is 398 g/mol. The van der Waals surface area contributed by atoms with Crippen LogP contribution in [0.15, 0.2) is 73.1 Å². The average Bonchev–Trinajstić information content (AvgIpc) is 2.74. The molecule has 2 aromatic carbocycles. The molecule has 0 aliphatic heterocycles. The summed E-state index contributed by atoms with van der Waals surface area (Å²) in [7, 11) is -3.44. The molecule has 0 fully saturated rings. The normalized spacial score (nSPS) is 11.2. The van der Waals surface area contributed by atoms with Crippen molar-refractivity contribution >= 4 is 15.7 Å². The van der Waals surface area contributed by atoms with Crippen LogP contribution in [0.1, 0.15) is 18.1 Å². The minimum Gasteiger partial charge on any atom is -0.457 e. The van der Waals surface area contributed by atoms with Gasteiger partial charge in [-0.3, -0.25) is 9.29 Å². The molecule has 146 valence electrons. The zero-order valence-electron chi connectivity index (χ0n) is 15.7. The van der Waals surface area contributed by atoms with Gasteiger partial charge in [0.2, 0.25) is 10.0 Å². The van der Waals surface area contributed by atoms with Gasteiger partial charge >= 0.3 is 0 Å². The van der Waals surface area contributed by atoms with Gasteiger partial charge in [0.05, 0.1) is 18.0 Å². The second-order valence-corrected chi connectivity index (χ2v) is 8.39. The predicted octanol–water partition coefficient (Wildman–Crippen LogP) is 3.69. The molecule has 0 spiro atoms. The van der Waals surface area contributed by atoms with E-state index < -0.39 is 10.0 Å². The number of rotatable bonds is 8. The molecule has 1 heterocycles. The summed E-state index contributed by atoms with van der Waals surface area (Å²) in [5.74, 6) is 1.33. The van der Waals surface area contributed by atoms with Gasteiger partial charge < -0.3 is 10.5 Å². The van der Waals surface area contributed by atoms with Crippen LogP contribution in [0, 0.1) is 0 Å². The Balaban J connectivity index is 1.81. The fourth-order valence-electron chi connectivity index (χ4n) is 2.67. The molecule has 28 heavy (non-hydrogen) atoms. The molecule has 0 bridgehead atoms. The monoisotopic (exact) mass is 397 g/mol. The van der Waals surface area contributed by atoms with Gasteiger partial charge in [-0.05, 0) is 60.5 Å². The molecule has 7 heteroatoms. The minimum absolute atomic E-state index is 0.0129. The van der Waals surface area contributed by atoms with E-state index in [1.54, 1.807) is 49.6 Å². The summed E-state index contributed by atoms with van der Waals surface area (Å²) in [5, 5.41) is 0. The van der Waals surface area contributed by atoms with Gasteiger partial charge in [0.15, 0.2) is 0 Å². The molecular formula is C21H23N3O3S. The van der Waals surface area contributed by atoms with Crippen LogP contribution in [-0.2, 0) is 23.1 Å². The van der Waals surface area contributed by atoms with Gasteiger partial charge in [0.25, 0.3) is 0 Å². The summed E-state index contributed by atoms with van der Waals surface area (Å²) >= 11 is 0.